The molecule has 0 bridgehead atoms. The second-order valence-corrected chi connectivity index (χ2v) is 6.24. The van der Waals surface area contributed by atoms with Gasteiger partial charge in [0.25, 0.3) is 5.56 Å². The zero-order chi connectivity index (χ0) is 16.4. The van der Waals surface area contributed by atoms with Gasteiger partial charge in [0.15, 0.2) is 5.65 Å². The Morgan fingerprint density at radius 3 is 2.39 bits per heavy atom. The molecule has 0 radical (unpaired) electrons. The van der Waals surface area contributed by atoms with Crippen LogP contribution in [0.3, 0.4) is 0 Å². The number of hydrogen-bond acceptors (Lipinski definition) is 4. The molecule has 0 aromatic carbocycles. The maximum atomic E-state index is 12.7. The third-order valence-corrected chi connectivity index (χ3v) is 4.50. The number of nitrogens with zero attached hydrogens (tertiary/aromatic N) is 3. The maximum Gasteiger partial charge on any atom is 0.332 e. The normalized spacial score (nSPS) is 16.3. The SMILES string of the molecule is CCCn1c(=O)c2[nH]c(C3CCNCC3)nc2n(CCC)c1=O. The van der Waals surface area contributed by atoms with E-state index >= 15 is 0 Å². The second-order valence-electron chi connectivity index (χ2n) is 6.24. The number of aromatic nitrogens is 4. The lowest BCUT2D eigenvalue weighted by Gasteiger charge is -2.20. The van der Waals surface area contributed by atoms with Gasteiger partial charge in [-0.3, -0.25) is 13.9 Å². The highest BCUT2D eigenvalue weighted by Gasteiger charge is 2.22. The molecule has 2 aromatic heterocycles. The summed E-state index contributed by atoms with van der Waals surface area (Å²) in [6.07, 6.45) is 3.58. The van der Waals surface area contributed by atoms with Crippen molar-refractivity contribution in [1.29, 1.82) is 0 Å². The van der Waals surface area contributed by atoms with Gasteiger partial charge in [-0.2, -0.15) is 0 Å². The van der Waals surface area contributed by atoms with E-state index in [1.807, 2.05) is 13.8 Å². The van der Waals surface area contributed by atoms with E-state index in [1.165, 1.54) is 4.57 Å². The van der Waals surface area contributed by atoms with Crippen LogP contribution in [0.4, 0.5) is 0 Å². The van der Waals surface area contributed by atoms with E-state index in [0.29, 0.717) is 30.2 Å². The van der Waals surface area contributed by atoms with Crippen molar-refractivity contribution in [3.63, 3.8) is 0 Å². The van der Waals surface area contributed by atoms with E-state index in [0.717, 1.165) is 44.6 Å². The molecule has 1 fully saturated rings. The molecular weight excluding hydrogens is 294 g/mol. The van der Waals surface area contributed by atoms with Crippen molar-refractivity contribution in [2.45, 2.75) is 58.5 Å². The van der Waals surface area contributed by atoms with Crippen LogP contribution in [0.2, 0.25) is 0 Å². The van der Waals surface area contributed by atoms with E-state index in [4.69, 9.17) is 0 Å². The number of H-pyrrole nitrogens is 1. The van der Waals surface area contributed by atoms with Crippen LogP contribution >= 0.6 is 0 Å². The predicted molar refractivity (Wildman–Crippen MR) is 90.0 cm³/mol. The van der Waals surface area contributed by atoms with Crippen molar-refractivity contribution in [2.75, 3.05) is 13.1 Å². The van der Waals surface area contributed by atoms with Gasteiger partial charge in [-0.25, -0.2) is 9.78 Å². The smallest absolute Gasteiger partial charge is 0.332 e. The van der Waals surface area contributed by atoms with Gasteiger partial charge in [-0.1, -0.05) is 13.8 Å². The van der Waals surface area contributed by atoms with Crippen molar-refractivity contribution >= 4 is 11.2 Å². The summed E-state index contributed by atoms with van der Waals surface area (Å²) in [6.45, 7) is 6.93. The third-order valence-electron chi connectivity index (χ3n) is 4.50. The molecule has 0 atom stereocenters. The Balaban J connectivity index is 2.18. The van der Waals surface area contributed by atoms with Gasteiger partial charge in [-0.05, 0) is 38.8 Å². The van der Waals surface area contributed by atoms with Gasteiger partial charge in [0, 0.05) is 19.0 Å². The van der Waals surface area contributed by atoms with Crippen LogP contribution in [-0.2, 0) is 13.1 Å². The molecule has 1 aliphatic heterocycles. The van der Waals surface area contributed by atoms with E-state index < -0.39 is 0 Å². The third kappa shape index (κ3) is 2.85. The van der Waals surface area contributed by atoms with Gasteiger partial charge in [0.1, 0.15) is 11.3 Å². The second kappa shape index (κ2) is 6.70. The summed E-state index contributed by atoms with van der Waals surface area (Å²) in [5, 5.41) is 3.33. The van der Waals surface area contributed by atoms with Crippen molar-refractivity contribution in [3.05, 3.63) is 26.7 Å². The van der Waals surface area contributed by atoms with Gasteiger partial charge in [0.2, 0.25) is 0 Å². The molecule has 126 valence electrons. The Morgan fingerprint density at radius 2 is 1.74 bits per heavy atom. The van der Waals surface area contributed by atoms with Crippen LogP contribution < -0.4 is 16.6 Å². The van der Waals surface area contributed by atoms with Gasteiger partial charge >= 0.3 is 5.69 Å². The molecule has 0 amide bonds. The average molecular weight is 319 g/mol. The molecule has 0 spiro atoms. The molecule has 1 saturated heterocycles. The summed E-state index contributed by atoms with van der Waals surface area (Å²) in [6, 6.07) is 0. The highest BCUT2D eigenvalue weighted by molar-refractivity contribution is 5.70. The van der Waals surface area contributed by atoms with Crippen LogP contribution in [0.1, 0.15) is 51.3 Å². The van der Waals surface area contributed by atoms with Crippen molar-refractivity contribution in [1.82, 2.24) is 24.4 Å². The number of aryl methyl sites for hydroxylation is 1. The predicted octanol–water partition coefficient (Wildman–Crippen LogP) is 1.17. The van der Waals surface area contributed by atoms with Crippen molar-refractivity contribution in [3.8, 4) is 0 Å². The van der Waals surface area contributed by atoms with E-state index in [9.17, 15) is 9.59 Å². The van der Waals surface area contributed by atoms with Crippen LogP contribution in [0, 0.1) is 0 Å². The van der Waals surface area contributed by atoms with Crippen molar-refractivity contribution < 1.29 is 0 Å². The summed E-state index contributed by atoms with van der Waals surface area (Å²) in [5.41, 5.74) is 0.504. The fourth-order valence-corrected chi connectivity index (χ4v) is 3.32. The lowest BCUT2D eigenvalue weighted by atomic mass is 9.98. The fourth-order valence-electron chi connectivity index (χ4n) is 3.32. The molecule has 0 aliphatic carbocycles. The minimum atomic E-state index is -0.244. The first kappa shape index (κ1) is 16.0. The average Bonchev–Trinajstić information content (AvgIpc) is 3.02. The Bertz CT molecular complexity index is 795. The standard InChI is InChI=1S/C16H25N5O2/c1-3-9-20-14-12(15(22)21(10-4-2)16(20)23)18-13(19-14)11-5-7-17-8-6-11/h11,17H,3-10H2,1-2H3,(H,18,19). The van der Waals surface area contributed by atoms with Crippen LogP contribution in [0.25, 0.3) is 11.2 Å². The summed E-state index contributed by atoms with van der Waals surface area (Å²) in [5.74, 6) is 1.17. The lowest BCUT2D eigenvalue weighted by Crippen LogP contribution is -2.40. The topological polar surface area (TPSA) is 84.7 Å². The number of rotatable bonds is 5. The Morgan fingerprint density at radius 1 is 1.09 bits per heavy atom. The highest BCUT2D eigenvalue weighted by atomic mass is 16.2. The van der Waals surface area contributed by atoms with E-state index in [-0.39, 0.29) is 11.2 Å². The maximum absolute atomic E-state index is 12.7. The van der Waals surface area contributed by atoms with Gasteiger partial charge in [-0.15, -0.1) is 0 Å². The minimum absolute atomic E-state index is 0.241. The molecule has 3 rings (SSSR count). The zero-order valence-electron chi connectivity index (χ0n) is 13.9. The molecule has 0 saturated carbocycles. The quantitative estimate of drug-likeness (QED) is 0.866. The first-order valence-corrected chi connectivity index (χ1v) is 8.61. The molecule has 23 heavy (non-hydrogen) atoms. The van der Waals surface area contributed by atoms with E-state index in [2.05, 4.69) is 15.3 Å². The number of imidazole rings is 1. The zero-order valence-corrected chi connectivity index (χ0v) is 13.9. The number of piperidine rings is 1. The number of aromatic amines is 1. The molecule has 1 aliphatic rings. The molecule has 7 heteroatoms. The summed E-state index contributed by atoms with van der Waals surface area (Å²) >= 11 is 0. The minimum Gasteiger partial charge on any atom is -0.336 e. The largest absolute Gasteiger partial charge is 0.336 e. The summed E-state index contributed by atoms with van der Waals surface area (Å²) < 4.78 is 2.98. The first-order valence-electron chi connectivity index (χ1n) is 8.61. The Kier molecular flexibility index (Phi) is 4.66. The molecular formula is C16H25N5O2. The first-order chi connectivity index (χ1) is 11.2. The Labute approximate surface area is 134 Å². The summed E-state index contributed by atoms with van der Waals surface area (Å²) in [4.78, 5) is 33.2. The van der Waals surface area contributed by atoms with Gasteiger partial charge in [0.05, 0.1) is 0 Å². The van der Waals surface area contributed by atoms with E-state index in [1.54, 1.807) is 4.57 Å². The van der Waals surface area contributed by atoms with Crippen LogP contribution in [-0.4, -0.2) is 32.2 Å². The number of nitrogens with one attached hydrogen (secondary N) is 2. The van der Waals surface area contributed by atoms with Crippen molar-refractivity contribution in [2.24, 2.45) is 0 Å². The monoisotopic (exact) mass is 319 g/mol. The number of fused-ring (bicyclic) bond motifs is 1. The lowest BCUT2D eigenvalue weighted by molar-refractivity contribution is 0.447. The fraction of sp³-hybridized carbons (Fsp3) is 0.688. The molecule has 2 aromatic rings. The number of hydrogen-bond donors (Lipinski definition) is 2. The van der Waals surface area contributed by atoms with Crippen LogP contribution in [0.15, 0.2) is 9.59 Å². The molecule has 7 nitrogen and oxygen atoms in total. The van der Waals surface area contributed by atoms with Crippen LogP contribution in [0.5, 0.6) is 0 Å². The molecule has 0 unspecified atom stereocenters. The summed E-state index contributed by atoms with van der Waals surface area (Å²) in [7, 11) is 0. The highest BCUT2D eigenvalue weighted by Crippen LogP contribution is 2.23. The molecule has 2 N–H and O–H groups in total. The molecule has 3 heterocycles. The van der Waals surface area contributed by atoms with Gasteiger partial charge < -0.3 is 10.3 Å². The Hall–Kier alpha value is -1.89.